The quantitative estimate of drug-likeness (QED) is 0.743. The number of aryl methyl sites for hydroxylation is 1. The highest BCUT2D eigenvalue weighted by atomic mass is 16.4. The van der Waals surface area contributed by atoms with Gasteiger partial charge in [0.25, 0.3) is 5.91 Å². The van der Waals surface area contributed by atoms with Gasteiger partial charge in [-0.1, -0.05) is 30.3 Å². The zero-order valence-electron chi connectivity index (χ0n) is 16.4. The maximum atomic E-state index is 13.0. The summed E-state index contributed by atoms with van der Waals surface area (Å²) in [6, 6.07) is 14.8. The summed E-state index contributed by atoms with van der Waals surface area (Å²) >= 11 is 0. The fourth-order valence-corrected chi connectivity index (χ4v) is 3.62. The lowest BCUT2D eigenvalue weighted by Crippen LogP contribution is -2.39. The summed E-state index contributed by atoms with van der Waals surface area (Å²) in [5.41, 5.74) is 3.38. The highest BCUT2D eigenvalue weighted by molar-refractivity contribution is 5.95. The first-order valence-corrected chi connectivity index (χ1v) is 9.56. The van der Waals surface area contributed by atoms with E-state index in [4.69, 9.17) is 4.42 Å². The van der Waals surface area contributed by atoms with Crippen LogP contribution in [0.15, 0.2) is 52.9 Å². The van der Waals surface area contributed by atoms with Crippen LogP contribution in [0.1, 0.15) is 40.3 Å². The van der Waals surface area contributed by atoms with Crippen molar-refractivity contribution in [3.8, 4) is 11.5 Å². The Hall–Kier alpha value is -3.48. The van der Waals surface area contributed by atoms with Crippen LogP contribution in [0, 0.1) is 6.92 Å². The predicted octanol–water partition coefficient (Wildman–Crippen LogP) is 2.92. The molecule has 0 aliphatic carbocycles. The monoisotopic (exact) mass is 390 g/mol. The standard InChI is InChI=1S/C22H22N4O3/c1-14-24-25-22(29-14)18-8-5-7-17(12-18)21(28)23-20-13-26(15(2)27)11-10-16-6-3-4-9-19(16)20/h3-9,12,20H,10-11,13H2,1-2H3,(H,23,28). The topological polar surface area (TPSA) is 88.3 Å². The Kier molecular flexibility index (Phi) is 5.12. The van der Waals surface area contributed by atoms with Crippen LogP contribution in [0.4, 0.5) is 0 Å². The van der Waals surface area contributed by atoms with Gasteiger partial charge in [-0.05, 0) is 35.7 Å². The lowest BCUT2D eigenvalue weighted by Gasteiger charge is -2.25. The largest absolute Gasteiger partial charge is 0.421 e. The van der Waals surface area contributed by atoms with Gasteiger partial charge in [-0.2, -0.15) is 0 Å². The average Bonchev–Trinajstić information content (AvgIpc) is 3.07. The molecule has 29 heavy (non-hydrogen) atoms. The Labute approximate surface area is 168 Å². The van der Waals surface area contributed by atoms with Gasteiger partial charge in [-0.15, -0.1) is 10.2 Å². The molecule has 1 aliphatic heterocycles. The van der Waals surface area contributed by atoms with Crippen LogP contribution in [0.2, 0.25) is 0 Å². The summed E-state index contributed by atoms with van der Waals surface area (Å²) in [6.07, 6.45) is 0.772. The Morgan fingerprint density at radius 2 is 1.97 bits per heavy atom. The number of rotatable bonds is 3. The van der Waals surface area contributed by atoms with Gasteiger partial charge in [0.05, 0.1) is 6.04 Å². The minimum atomic E-state index is -0.278. The molecule has 0 saturated carbocycles. The highest BCUT2D eigenvalue weighted by Gasteiger charge is 2.26. The summed E-state index contributed by atoms with van der Waals surface area (Å²) in [5, 5.41) is 10.9. The molecule has 0 fully saturated rings. The van der Waals surface area contributed by atoms with Crippen molar-refractivity contribution in [2.24, 2.45) is 0 Å². The molecule has 1 aromatic heterocycles. The van der Waals surface area contributed by atoms with E-state index in [0.29, 0.717) is 36.0 Å². The molecule has 4 rings (SSSR count). The second-order valence-corrected chi connectivity index (χ2v) is 7.15. The van der Waals surface area contributed by atoms with Crippen molar-refractivity contribution in [3.05, 3.63) is 71.1 Å². The Bertz CT molecular complexity index is 1060. The number of hydrogen-bond donors (Lipinski definition) is 1. The van der Waals surface area contributed by atoms with Crippen molar-refractivity contribution < 1.29 is 14.0 Å². The van der Waals surface area contributed by atoms with Gasteiger partial charge in [-0.25, -0.2) is 0 Å². The number of aromatic nitrogens is 2. The van der Waals surface area contributed by atoms with E-state index >= 15 is 0 Å². The molecule has 0 radical (unpaired) electrons. The number of nitrogens with zero attached hydrogens (tertiary/aromatic N) is 3. The fraction of sp³-hybridized carbons (Fsp3) is 0.273. The van der Waals surface area contributed by atoms with Gasteiger partial charge >= 0.3 is 0 Å². The minimum Gasteiger partial charge on any atom is -0.421 e. The van der Waals surface area contributed by atoms with Gasteiger partial charge in [0.2, 0.25) is 17.7 Å². The van der Waals surface area contributed by atoms with E-state index in [1.165, 1.54) is 0 Å². The van der Waals surface area contributed by atoms with Crippen LogP contribution >= 0.6 is 0 Å². The summed E-state index contributed by atoms with van der Waals surface area (Å²) < 4.78 is 5.46. The Morgan fingerprint density at radius 1 is 1.14 bits per heavy atom. The molecule has 1 unspecified atom stereocenters. The number of hydrogen-bond acceptors (Lipinski definition) is 5. The van der Waals surface area contributed by atoms with Crippen molar-refractivity contribution in [1.82, 2.24) is 20.4 Å². The average molecular weight is 390 g/mol. The number of carbonyl (C=O) groups excluding carboxylic acids is 2. The van der Waals surface area contributed by atoms with Crippen LogP contribution < -0.4 is 5.32 Å². The predicted molar refractivity (Wildman–Crippen MR) is 107 cm³/mol. The van der Waals surface area contributed by atoms with E-state index in [1.54, 1.807) is 36.9 Å². The molecule has 1 atom stereocenters. The molecule has 7 heteroatoms. The van der Waals surface area contributed by atoms with E-state index in [1.807, 2.05) is 24.3 Å². The Morgan fingerprint density at radius 3 is 2.72 bits per heavy atom. The zero-order valence-corrected chi connectivity index (χ0v) is 16.4. The van der Waals surface area contributed by atoms with Crippen LogP contribution in [0.5, 0.6) is 0 Å². The first-order valence-electron chi connectivity index (χ1n) is 9.56. The molecule has 0 spiro atoms. The fourth-order valence-electron chi connectivity index (χ4n) is 3.62. The molecule has 2 aromatic carbocycles. The van der Waals surface area contributed by atoms with Crippen molar-refractivity contribution in [3.63, 3.8) is 0 Å². The normalized spacial score (nSPS) is 16.1. The van der Waals surface area contributed by atoms with Gasteiger partial charge in [0, 0.05) is 38.1 Å². The van der Waals surface area contributed by atoms with Crippen LogP contribution in [-0.4, -0.2) is 40.0 Å². The molecule has 1 N–H and O–H groups in total. The maximum Gasteiger partial charge on any atom is 0.251 e. The zero-order chi connectivity index (χ0) is 20.4. The van der Waals surface area contributed by atoms with E-state index in [9.17, 15) is 9.59 Å². The third-order valence-electron chi connectivity index (χ3n) is 5.13. The molecule has 0 bridgehead atoms. The molecule has 7 nitrogen and oxygen atoms in total. The van der Waals surface area contributed by atoms with E-state index in [2.05, 4.69) is 21.6 Å². The number of nitrogens with one attached hydrogen (secondary N) is 1. The SMILES string of the molecule is CC(=O)N1CCc2ccccc2C(NC(=O)c2cccc(-c3nnc(C)o3)c2)C1. The van der Waals surface area contributed by atoms with Gasteiger partial charge in [0.15, 0.2) is 0 Å². The lowest BCUT2D eigenvalue weighted by molar-refractivity contribution is -0.129. The number of amides is 2. The Balaban J connectivity index is 1.60. The molecule has 2 heterocycles. The summed E-state index contributed by atoms with van der Waals surface area (Å²) in [6.45, 7) is 4.37. The molecule has 3 aromatic rings. The van der Waals surface area contributed by atoms with Crippen molar-refractivity contribution in [1.29, 1.82) is 0 Å². The lowest BCUT2D eigenvalue weighted by atomic mass is 9.99. The van der Waals surface area contributed by atoms with Crippen LogP contribution in [-0.2, 0) is 11.2 Å². The van der Waals surface area contributed by atoms with Crippen LogP contribution in [0.3, 0.4) is 0 Å². The van der Waals surface area contributed by atoms with E-state index in [0.717, 1.165) is 17.5 Å². The number of carbonyl (C=O) groups is 2. The summed E-state index contributed by atoms with van der Waals surface area (Å²) in [7, 11) is 0. The van der Waals surface area contributed by atoms with Gasteiger partial charge in [-0.3, -0.25) is 9.59 Å². The maximum absolute atomic E-state index is 13.0. The molecular formula is C22H22N4O3. The second-order valence-electron chi connectivity index (χ2n) is 7.15. The third-order valence-corrected chi connectivity index (χ3v) is 5.13. The highest BCUT2D eigenvalue weighted by Crippen LogP contribution is 2.25. The molecular weight excluding hydrogens is 368 g/mol. The molecule has 2 amide bonds. The van der Waals surface area contributed by atoms with Crippen molar-refractivity contribution >= 4 is 11.8 Å². The van der Waals surface area contributed by atoms with E-state index in [-0.39, 0.29) is 17.9 Å². The smallest absolute Gasteiger partial charge is 0.251 e. The van der Waals surface area contributed by atoms with Crippen LogP contribution in [0.25, 0.3) is 11.5 Å². The van der Waals surface area contributed by atoms with Gasteiger partial charge < -0.3 is 14.6 Å². The minimum absolute atomic E-state index is 0.00539. The first-order chi connectivity index (χ1) is 14.0. The summed E-state index contributed by atoms with van der Waals surface area (Å²) in [5.74, 6) is 0.632. The second kappa shape index (κ2) is 7.87. The molecule has 148 valence electrons. The summed E-state index contributed by atoms with van der Waals surface area (Å²) in [4.78, 5) is 26.8. The first kappa shape index (κ1) is 18.9. The number of fused-ring (bicyclic) bond motifs is 1. The van der Waals surface area contributed by atoms with Gasteiger partial charge in [0.1, 0.15) is 0 Å². The van der Waals surface area contributed by atoms with Crippen molar-refractivity contribution in [2.45, 2.75) is 26.3 Å². The molecule has 1 aliphatic rings. The van der Waals surface area contributed by atoms with Crippen molar-refractivity contribution in [2.75, 3.05) is 13.1 Å². The number of benzene rings is 2. The molecule has 0 saturated heterocycles. The third kappa shape index (κ3) is 4.03. The van der Waals surface area contributed by atoms with E-state index < -0.39 is 0 Å².